The average molecular weight is 168 g/mol. The third-order valence-electron chi connectivity index (χ3n) is 1.81. The molecule has 1 rings (SSSR count). The first-order valence-corrected chi connectivity index (χ1v) is 3.82. The molecule has 1 aromatic rings. The third kappa shape index (κ3) is 1.84. The van der Waals surface area contributed by atoms with Crippen molar-refractivity contribution in [2.45, 2.75) is 26.3 Å². The summed E-state index contributed by atoms with van der Waals surface area (Å²) < 4.78 is 1.86. The number of nitrogens with zero attached hydrogens (tertiary/aromatic N) is 2. The molecule has 0 saturated heterocycles. The first kappa shape index (κ1) is 8.77. The predicted octanol–water partition coefficient (Wildman–Crippen LogP) is 1.23. The summed E-state index contributed by atoms with van der Waals surface area (Å²) in [5.74, 6) is 0.0688. The Morgan fingerprint density at radius 1 is 1.83 bits per heavy atom. The maximum Gasteiger partial charge on any atom is 0.305 e. The molecular weight excluding hydrogens is 156 g/mol. The number of imidazole rings is 1. The topological polar surface area (TPSA) is 55.1 Å². The molecule has 0 aliphatic carbocycles. The van der Waals surface area contributed by atoms with Crippen LogP contribution in [0.2, 0.25) is 0 Å². The van der Waals surface area contributed by atoms with Gasteiger partial charge in [-0.3, -0.25) is 4.79 Å². The first-order valence-electron chi connectivity index (χ1n) is 3.82. The van der Waals surface area contributed by atoms with Crippen molar-refractivity contribution in [3.63, 3.8) is 0 Å². The van der Waals surface area contributed by atoms with Crippen molar-refractivity contribution >= 4 is 5.97 Å². The Morgan fingerprint density at radius 3 is 2.92 bits per heavy atom. The van der Waals surface area contributed by atoms with E-state index in [4.69, 9.17) is 5.11 Å². The van der Waals surface area contributed by atoms with Gasteiger partial charge in [0.05, 0.1) is 6.42 Å². The fraction of sp³-hybridized carbons (Fsp3) is 0.500. The van der Waals surface area contributed by atoms with E-state index in [2.05, 4.69) is 4.98 Å². The lowest BCUT2D eigenvalue weighted by Gasteiger charge is -2.11. The zero-order valence-corrected chi connectivity index (χ0v) is 7.19. The summed E-state index contributed by atoms with van der Waals surface area (Å²) in [6, 6.07) is -0.0231. The average Bonchev–Trinajstić information content (AvgIpc) is 2.33. The maximum atomic E-state index is 10.4. The van der Waals surface area contributed by atoms with Crippen LogP contribution >= 0.6 is 0 Å². The minimum absolute atomic E-state index is 0.0231. The second-order valence-electron chi connectivity index (χ2n) is 2.83. The highest BCUT2D eigenvalue weighted by Crippen LogP contribution is 2.11. The number of aromatic nitrogens is 2. The summed E-state index contributed by atoms with van der Waals surface area (Å²) in [7, 11) is 0. The Hall–Kier alpha value is -1.32. The normalized spacial score (nSPS) is 12.8. The molecule has 0 aliphatic rings. The van der Waals surface area contributed by atoms with Crippen molar-refractivity contribution in [2.24, 2.45) is 0 Å². The van der Waals surface area contributed by atoms with E-state index in [1.54, 1.807) is 12.4 Å². The third-order valence-corrected chi connectivity index (χ3v) is 1.81. The minimum atomic E-state index is -0.782. The fourth-order valence-electron chi connectivity index (χ4n) is 1.20. The zero-order valence-electron chi connectivity index (χ0n) is 7.19. The Bertz CT molecular complexity index is 280. The molecule has 0 aromatic carbocycles. The number of aliphatic carboxylic acids is 1. The Labute approximate surface area is 70.9 Å². The molecule has 66 valence electrons. The van der Waals surface area contributed by atoms with Gasteiger partial charge in [0.2, 0.25) is 0 Å². The van der Waals surface area contributed by atoms with Gasteiger partial charge in [-0.25, -0.2) is 4.98 Å². The number of hydrogen-bond donors (Lipinski definition) is 1. The molecule has 0 amide bonds. The SMILES string of the molecule is Cc1nccn1[C@H](C)CC(=O)O. The lowest BCUT2D eigenvalue weighted by molar-refractivity contribution is -0.137. The second-order valence-corrected chi connectivity index (χ2v) is 2.83. The highest BCUT2D eigenvalue weighted by atomic mass is 16.4. The molecule has 0 bridgehead atoms. The molecule has 0 radical (unpaired) electrons. The van der Waals surface area contributed by atoms with E-state index < -0.39 is 5.97 Å². The van der Waals surface area contributed by atoms with E-state index in [9.17, 15) is 4.79 Å². The van der Waals surface area contributed by atoms with Crippen molar-refractivity contribution < 1.29 is 9.90 Å². The van der Waals surface area contributed by atoms with Crippen LogP contribution in [0.25, 0.3) is 0 Å². The molecule has 1 aromatic heterocycles. The van der Waals surface area contributed by atoms with Crippen LogP contribution in [0.3, 0.4) is 0 Å². The highest BCUT2D eigenvalue weighted by Gasteiger charge is 2.10. The summed E-state index contributed by atoms with van der Waals surface area (Å²) in [6.07, 6.45) is 3.60. The van der Waals surface area contributed by atoms with Gasteiger partial charge in [-0.1, -0.05) is 0 Å². The predicted molar refractivity (Wildman–Crippen MR) is 43.9 cm³/mol. The fourth-order valence-corrected chi connectivity index (χ4v) is 1.20. The Kier molecular flexibility index (Phi) is 2.47. The van der Waals surface area contributed by atoms with Gasteiger partial charge in [-0.05, 0) is 13.8 Å². The van der Waals surface area contributed by atoms with Gasteiger partial charge in [0.25, 0.3) is 0 Å². The smallest absolute Gasteiger partial charge is 0.305 e. The van der Waals surface area contributed by atoms with Gasteiger partial charge < -0.3 is 9.67 Å². The molecule has 4 nitrogen and oxygen atoms in total. The standard InChI is InChI=1S/C8H12N2O2/c1-6(5-8(11)12)10-4-3-9-7(10)2/h3-4,6H,5H2,1-2H3,(H,11,12)/t6-/m1/s1. The monoisotopic (exact) mass is 168 g/mol. The molecule has 12 heavy (non-hydrogen) atoms. The summed E-state index contributed by atoms with van der Waals surface area (Å²) in [5.41, 5.74) is 0. The van der Waals surface area contributed by atoms with Crippen molar-refractivity contribution in [3.8, 4) is 0 Å². The van der Waals surface area contributed by atoms with Crippen molar-refractivity contribution in [3.05, 3.63) is 18.2 Å². The number of aryl methyl sites for hydroxylation is 1. The van der Waals surface area contributed by atoms with Crippen LogP contribution < -0.4 is 0 Å². The summed E-state index contributed by atoms with van der Waals surface area (Å²) in [5, 5.41) is 8.54. The van der Waals surface area contributed by atoms with E-state index in [1.807, 2.05) is 18.4 Å². The zero-order chi connectivity index (χ0) is 9.14. The molecule has 1 heterocycles. The molecule has 1 atom stereocenters. The van der Waals surface area contributed by atoms with E-state index >= 15 is 0 Å². The number of rotatable bonds is 3. The largest absolute Gasteiger partial charge is 0.481 e. The summed E-state index contributed by atoms with van der Waals surface area (Å²) in [6.45, 7) is 3.72. The number of carbonyl (C=O) groups is 1. The van der Waals surface area contributed by atoms with Gasteiger partial charge in [0.1, 0.15) is 5.82 Å². The summed E-state index contributed by atoms with van der Waals surface area (Å²) >= 11 is 0. The molecule has 1 N–H and O–H groups in total. The Balaban J connectivity index is 2.71. The summed E-state index contributed by atoms with van der Waals surface area (Å²) in [4.78, 5) is 14.4. The van der Waals surface area contributed by atoms with E-state index in [0.29, 0.717) is 0 Å². The van der Waals surface area contributed by atoms with Crippen LogP contribution in [-0.4, -0.2) is 20.6 Å². The van der Waals surface area contributed by atoms with Crippen molar-refractivity contribution in [1.82, 2.24) is 9.55 Å². The maximum absolute atomic E-state index is 10.4. The molecule has 0 aliphatic heterocycles. The molecule has 0 unspecified atom stereocenters. The van der Waals surface area contributed by atoms with Crippen LogP contribution in [0.4, 0.5) is 0 Å². The molecule has 4 heteroatoms. The number of carboxylic acid groups (broad SMARTS) is 1. The minimum Gasteiger partial charge on any atom is -0.481 e. The molecule has 0 spiro atoms. The molecule has 0 fully saturated rings. The number of hydrogen-bond acceptors (Lipinski definition) is 2. The van der Waals surface area contributed by atoms with Gasteiger partial charge in [0.15, 0.2) is 0 Å². The van der Waals surface area contributed by atoms with Crippen LogP contribution in [0, 0.1) is 6.92 Å². The van der Waals surface area contributed by atoms with E-state index in [0.717, 1.165) is 5.82 Å². The molecular formula is C8H12N2O2. The van der Waals surface area contributed by atoms with Gasteiger partial charge in [-0.15, -0.1) is 0 Å². The lowest BCUT2D eigenvalue weighted by atomic mass is 10.2. The van der Waals surface area contributed by atoms with Crippen LogP contribution in [0.1, 0.15) is 25.2 Å². The van der Waals surface area contributed by atoms with Gasteiger partial charge >= 0.3 is 5.97 Å². The van der Waals surface area contributed by atoms with Crippen LogP contribution in [-0.2, 0) is 4.79 Å². The molecule has 0 saturated carbocycles. The van der Waals surface area contributed by atoms with Gasteiger partial charge in [-0.2, -0.15) is 0 Å². The first-order chi connectivity index (χ1) is 5.61. The van der Waals surface area contributed by atoms with Gasteiger partial charge in [0, 0.05) is 18.4 Å². The van der Waals surface area contributed by atoms with Crippen molar-refractivity contribution in [2.75, 3.05) is 0 Å². The highest BCUT2D eigenvalue weighted by molar-refractivity contribution is 5.67. The van der Waals surface area contributed by atoms with E-state index in [1.165, 1.54) is 0 Å². The number of carboxylic acids is 1. The van der Waals surface area contributed by atoms with Crippen LogP contribution in [0.5, 0.6) is 0 Å². The second kappa shape index (κ2) is 3.38. The van der Waals surface area contributed by atoms with E-state index in [-0.39, 0.29) is 12.5 Å². The van der Waals surface area contributed by atoms with Crippen molar-refractivity contribution in [1.29, 1.82) is 0 Å². The Morgan fingerprint density at radius 2 is 2.50 bits per heavy atom. The lowest BCUT2D eigenvalue weighted by Crippen LogP contribution is -2.10. The van der Waals surface area contributed by atoms with Crippen LogP contribution in [0.15, 0.2) is 12.4 Å². The quantitative estimate of drug-likeness (QED) is 0.738.